The lowest BCUT2D eigenvalue weighted by atomic mass is 10.2. The molecule has 0 aliphatic carbocycles. The van der Waals surface area contributed by atoms with E-state index < -0.39 is 22.5 Å². The van der Waals surface area contributed by atoms with Crippen LogP contribution in [0.4, 0.5) is 5.69 Å². The van der Waals surface area contributed by atoms with E-state index in [1.165, 1.54) is 25.5 Å². The van der Waals surface area contributed by atoms with Crippen LogP contribution in [0.3, 0.4) is 0 Å². The van der Waals surface area contributed by atoms with Crippen molar-refractivity contribution in [3.63, 3.8) is 0 Å². The van der Waals surface area contributed by atoms with Crippen molar-refractivity contribution in [1.29, 1.82) is 0 Å². The van der Waals surface area contributed by atoms with E-state index in [1.807, 2.05) is 24.3 Å². The van der Waals surface area contributed by atoms with Crippen molar-refractivity contribution in [3.8, 4) is 11.5 Å². The van der Waals surface area contributed by atoms with Crippen LogP contribution in [0, 0.1) is 0 Å². The highest BCUT2D eigenvalue weighted by Gasteiger charge is 2.29. The maximum absolute atomic E-state index is 13.4. The maximum atomic E-state index is 13.4. The van der Waals surface area contributed by atoms with E-state index >= 15 is 0 Å². The van der Waals surface area contributed by atoms with E-state index in [0.29, 0.717) is 12.4 Å². The maximum Gasteiger partial charge on any atom is 0.264 e. The third kappa shape index (κ3) is 7.07. The van der Waals surface area contributed by atoms with Crippen molar-refractivity contribution in [3.05, 3.63) is 84.4 Å². The van der Waals surface area contributed by atoms with Crippen LogP contribution in [0.25, 0.3) is 0 Å². The molecule has 0 heterocycles. The lowest BCUT2D eigenvalue weighted by Gasteiger charge is -2.25. The second-order valence-electron chi connectivity index (χ2n) is 7.56. The number of methoxy groups -OCH3 is 1. The minimum atomic E-state index is -4.05. The third-order valence-corrected chi connectivity index (χ3v) is 6.80. The van der Waals surface area contributed by atoms with Crippen molar-refractivity contribution in [2.24, 2.45) is 5.10 Å². The fourth-order valence-electron chi connectivity index (χ4n) is 3.18. The minimum absolute atomic E-state index is 0.0588. The van der Waals surface area contributed by atoms with E-state index in [2.05, 4.69) is 17.5 Å². The molecule has 0 unspecified atom stereocenters. The van der Waals surface area contributed by atoms with Crippen LogP contribution in [-0.2, 0) is 14.8 Å². The summed E-state index contributed by atoms with van der Waals surface area (Å²) in [5, 5.41) is 3.97. The molecule has 0 bridgehead atoms. The number of para-hydroxylation sites is 2. The van der Waals surface area contributed by atoms with Gasteiger partial charge < -0.3 is 9.47 Å². The molecule has 0 aromatic heterocycles. The molecule has 9 heteroatoms. The fourth-order valence-corrected chi connectivity index (χ4v) is 4.64. The Morgan fingerprint density at radius 2 is 1.69 bits per heavy atom. The standard InChI is InChI=1S/C26H29N3O5S/c1-3-4-18-34-22-16-14-21(15-17-22)19-27-28-26(30)20-29(24-12-8-9-13-25(24)33-2)35(31,32)23-10-6-5-7-11-23/h5-17,19H,3-4,18,20H2,1-2H3,(H,28,30)/b27-19-. The number of ether oxygens (including phenoxy) is 2. The summed E-state index contributed by atoms with van der Waals surface area (Å²) in [6.07, 6.45) is 3.53. The molecule has 3 rings (SSSR count). The predicted octanol–water partition coefficient (Wildman–Crippen LogP) is 4.22. The van der Waals surface area contributed by atoms with Gasteiger partial charge in [0.1, 0.15) is 18.0 Å². The van der Waals surface area contributed by atoms with Crippen LogP contribution < -0.4 is 19.2 Å². The molecule has 0 aliphatic heterocycles. The summed E-state index contributed by atoms with van der Waals surface area (Å²) in [5.41, 5.74) is 3.40. The molecule has 3 aromatic carbocycles. The zero-order valence-corrected chi connectivity index (χ0v) is 20.6. The van der Waals surface area contributed by atoms with Gasteiger partial charge in [-0.3, -0.25) is 9.10 Å². The second kappa shape index (κ2) is 12.6. The molecule has 35 heavy (non-hydrogen) atoms. The first-order valence-electron chi connectivity index (χ1n) is 11.2. The number of hydrogen-bond acceptors (Lipinski definition) is 6. The summed E-state index contributed by atoms with van der Waals surface area (Å²) in [4.78, 5) is 12.8. The van der Waals surface area contributed by atoms with Gasteiger partial charge in [0.2, 0.25) is 0 Å². The van der Waals surface area contributed by atoms with E-state index in [0.717, 1.165) is 28.5 Å². The number of carbonyl (C=O) groups excluding carboxylic acids is 1. The molecule has 0 fully saturated rings. The number of rotatable bonds is 12. The Bertz CT molecular complexity index is 1230. The minimum Gasteiger partial charge on any atom is -0.495 e. The van der Waals surface area contributed by atoms with Crippen LogP contribution in [-0.4, -0.2) is 40.8 Å². The molecule has 0 saturated carbocycles. The Labute approximate surface area is 206 Å². The Balaban J connectivity index is 1.74. The zero-order chi connectivity index (χ0) is 25.1. The van der Waals surface area contributed by atoms with Crippen LogP contribution in [0.2, 0.25) is 0 Å². The average molecular weight is 496 g/mol. The lowest BCUT2D eigenvalue weighted by Crippen LogP contribution is -2.39. The fraction of sp³-hybridized carbons (Fsp3) is 0.231. The van der Waals surface area contributed by atoms with Crippen LogP contribution in [0.5, 0.6) is 11.5 Å². The number of hydrogen-bond donors (Lipinski definition) is 1. The largest absolute Gasteiger partial charge is 0.495 e. The number of benzene rings is 3. The van der Waals surface area contributed by atoms with Crippen LogP contribution >= 0.6 is 0 Å². The van der Waals surface area contributed by atoms with Crippen molar-refractivity contribution >= 4 is 27.8 Å². The van der Waals surface area contributed by atoms with E-state index in [9.17, 15) is 13.2 Å². The highest BCUT2D eigenvalue weighted by atomic mass is 32.2. The van der Waals surface area contributed by atoms with Gasteiger partial charge in [0, 0.05) is 0 Å². The first kappa shape index (κ1) is 25.8. The summed E-state index contributed by atoms with van der Waals surface area (Å²) in [6.45, 7) is 2.28. The lowest BCUT2D eigenvalue weighted by molar-refractivity contribution is -0.119. The Morgan fingerprint density at radius 1 is 1.00 bits per heavy atom. The van der Waals surface area contributed by atoms with Gasteiger partial charge in [-0.15, -0.1) is 0 Å². The number of unbranched alkanes of at least 4 members (excludes halogenated alkanes) is 1. The quantitative estimate of drug-likeness (QED) is 0.231. The van der Waals surface area contributed by atoms with E-state index in [1.54, 1.807) is 42.5 Å². The number of nitrogens with zero attached hydrogens (tertiary/aromatic N) is 2. The van der Waals surface area contributed by atoms with Gasteiger partial charge in [-0.2, -0.15) is 5.10 Å². The molecule has 1 N–H and O–H groups in total. The van der Waals surface area contributed by atoms with Gasteiger partial charge in [0.25, 0.3) is 15.9 Å². The molecule has 8 nitrogen and oxygen atoms in total. The molecule has 184 valence electrons. The highest BCUT2D eigenvalue weighted by Crippen LogP contribution is 2.32. The summed E-state index contributed by atoms with van der Waals surface area (Å²) in [6, 6.07) is 21.8. The molecule has 0 saturated heterocycles. The smallest absolute Gasteiger partial charge is 0.264 e. The molecule has 3 aromatic rings. The number of hydrazone groups is 1. The molecule has 0 spiro atoms. The summed E-state index contributed by atoms with van der Waals surface area (Å²) in [5.74, 6) is 0.480. The molecular weight excluding hydrogens is 466 g/mol. The summed E-state index contributed by atoms with van der Waals surface area (Å²) in [7, 11) is -2.61. The monoisotopic (exact) mass is 495 g/mol. The zero-order valence-electron chi connectivity index (χ0n) is 19.8. The van der Waals surface area contributed by atoms with E-state index in [-0.39, 0.29) is 10.6 Å². The van der Waals surface area contributed by atoms with Crippen molar-refractivity contribution in [2.75, 3.05) is 24.6 Å². The average Bonchev–Trinajstić information content (AvgIpc) is 2.89. The number of nitrogens with one attached hydrogen (secondary N) is 1. The Hall–Kier alpha value is -3.85. The normalized spacial score (nSPS) is 11.3. The van der Waals surface area contributed by atoms with Gasteiger partial charge in [-0.05, 0) is 60.5 Å². The molecule has 0 aliphatic rings. The van der Waals surface area contributed by atoms with Gasteiger partial charge in [-0.25, -0.2) is 13.8 Å². The topological polar surface area (TPSA) is 97.3 Å². The number of anilines is 1. The van der Waals surface area contributed by atoms with Crippen LogP contribution in [0.15, 0.2) is 88.9 Å². The number of sulfonamides is 1. The molecular formula is C26H29N3O5S. The van der Waals surface area contributed by atoms with Gasteiger partial charge in [0.15, 0.2) is 0 Å². The highest BCUT2D eigenvalue weighted by molar-refractivity contribution is 7.92. The third-order valence-electron chi connectivity index (χ3n) is 5.02. The van der Waals surface area contributed by atoms with Gasteiger partial charge in [0.05, 0.1) is 30.5 Å². The molecule has 0 atom stereocenters. The predicted molar refractivity (Wildman–Crippen MR) is 137 cm³/mol. The summed E-state index contributed by atoms with van der Waals surface area (Å²) >= 11 is 0. The first-order valence-corrected chi connectivity index (χ1v) is 12.6. The Kier molecular flexibility index (Phi) is 9.25. The SMILES string of the molecule is CCCCOc1ccc(/C=N\NC(=O)CN(c2ccccc2OC)S(=O)(=O)c2ccccc2)cc1. The number of carbonyl (C=O) groups is 1. The van der Waals surface area contributed by atoms with Crippen molar-refractivity contribution in [1.82, 2.24) is 5.43 Å². The van der Waals surface area contributed by atoms with Crippen molar-refractivity contribution in [2.45, 2.75) is 24.7 Å². The first-order chi connectivity index (χ1) is 17.0. The Morgan fingerprint density at radius 3 is 2.37 bits per heavy atom. The molecule has 0 radical (unpaired) electrons. The second-order valence-corrected chi connectivity index (χ2v) is 9.42. The molecule has 1 amide bonds. The van der Waals surface area contributed by atoms with Gasteiger partial charge in [-0.1, -0.05) is 43.7 Å². The summed E-state index contributed by atoms with van der Waals surface area (Å²) < 4.78 is 38.8. The number of amides is 1. The van der Waals surface area contributed by atoms with Crippen molar-refractivity contribution < 1.29 is 22.7 Å². The van der Waals surface area contributed by atoms with Gasteiger partial charge >= 0.3 is 0 Å². The van der Waals surface area contributed by atoms with Crippen LogP contribution in [0.1, 0.15) is 25.3 Å². The van der Waals surface area contributed by atoms with E-state index in [4.69, 9.17) is 9.47 Å².